The van der Waals surface area contributed by atoms with E-state index in [2.05, 4.69) is 19.9 Å². The molecule has 8 nitrogen and oxygen atoms in total. The minimum Gasteiger partial charge on any atom is -0.314 e. The predicted molar refractivity (Wildman–Crippen MR) is 127 cm³/mol. The number of hydrogen-bond donors (Lipinski definition) is 0. The highest BCUT2D eigenvalue weighted by atomic mass is 35.5. The minimum atomic E-state index is -3.57. The average molecular weight is 485 g/mol. The summed E-state index contributed by atoms with van der Waals surface area (Å²) in [5.41, 5.74) is 3.25. The SMILES string of the molecule is Cc1cc(S(=O)(=O)N2CCC(c3nccn3Cn3nnc4ccccc43)CC2)c(C)cc1Cl. The Bertz CT molecular complexity index is 1420. The van der Waals surface area contributed by atoms with Gasteiger partial charge in [0.1, 0.15) is 18.0 Å². The molecular formula is C23H25ClN6O2S. The molecule has 172 valence electrons. The van der Waals surface area contributed by atoms with Crippen LogP contribution in [0.2, 0.25) is 5.02 Å². The summed E-state index contributed by atoms with van der Waals surface area (Å²) in [4.78, 5) is 4.94. The molecule has 0 bridgehead atoms. The van der Waals surface area contributed by atoms with Gasteiger partial charge in [0.15, 0.2) is 0 Å². The van der Waals surface area contributed by atoms with Crippen LogP contribution in [-0.2, 0) is 16.7 Å². The van der Waals surface area contributed by atoms with Crippen LogP contribution in [0.5, 0.6) is 0 Å². The maximum Gasteiger partial charge on any atom is 0.243 e. The second-order valence-electron chi connectivity index (χ2n) is 8.52. The molecule has 10 heteroatoms. The molecule has 0 radical (unpaired) electrons. The lowest BCUT2D eigenvalue weighted by Crippen LogP contribution is -2.38. The van der Waals surface area contributed by atoms with Gasteiger partial charge in [0.25, 0.3) is 0 Å². The van der Waals surface area contributed by atoms with Crippen LogP contribution >= 0.6 is 11.6 Å². The zero-order valence-corrected chi connectivity index (χ0v) is 20.1. The Morgan fingerprint density at radius 3 is 2.64 bits per heavy atom. The number of aromatic nitrogens is 5. The number of para-hydroxylation sites is 1. The van der Waals surface area contributed by atoms with E-state index in [1.54, 1.807) is 29.6 Å². The molecule has 4 aromatic rings. The molecule has 1 saturated heterocycles. The Morgan fingerprint density at radius 1 is 1.09 bits per heavy atom. The van der Waals surface area contributed by atoms with Gasteiger partial charge in [-0.1, -0.05) is 28.9 Å². The summed E-state index contributed by atoms with van der Waals surface area (Å²) in [6.45, 7) is 5.03. The fourth-order valence-corrected chi connectivity index (χ4v) is 6.47. The van der Waals surface area contributed by atoms with Crippen LogP contribution in [-0.4, -0.2) is 50.4 Å². The molecule has 0 aliphatic carbocycles. The third-order valence-electron chi connectivity index (χ3n) is 6.35. The number of sulfonamides is 1. The van der Waals surface area contributed by atoms with Crippen LogP contribution in [0.4, 0.5) is 0 Å². The highest BCUT2D eigenvalue weighted by Crippen LogP contribution is 2.32. The van der Waals surface area contributed by atoms with E-state index in [4.69, 9.17) is 11.6 Å². The summed E-state index contributed by atoms with van der Waals surface area (Å²) in [5.74, 6) is 1.12. The van der Waals surface area contributed by atoms with Crippen LogP contribution in [0.15, 0.2) is 53.7 Å². The number of halogens is 1. The van der Waals surface area contributed by atoms with E-state index in [1.807, 2.05) is 42.1 Å². The quantitative estimate of drug-likeness (QED) is 0.427. The first-order valence-corrected chi connectivity index (χ1v) is 12.7. The van der Waals surface area contributed by atoms with Gasteiger partial charge in [-0.2, -0.15) is 4.31 Å². The topological polar surface area (TPSA) is 85.9 Å². The van der Waals surface area contributed by atoms with Crippen molar-refractivity contribution in [3.63, 3.8) is 0 Å². The van der Waals surface area contributed by atoms with E-state index >= 15 is 0 Å². The summed E-state index contributed by atoms with van der Waals surface area (Å²) in [6, 6.07) is 11.2. The van der Waals surface area contributed by atoms with E-state index < -0.39 is 10.0 Å². The van der Waals surface area contributed by atoms with Gasteiger partial charge in [-0.25, -0.2) is 18.1 Å². The molecule has 1 aliphatic rings. The van der Waals surface area contributed by atoms with Crippen molar-refractivity contribution in [2.24, 2.45) is 0 Å². The molecule has 0 N–H and O–H groups in total. The van der Waals surface area contributed by atoms with Crippen LogP contribution in [0.1, 0.15) is 35.7 Å². The molecule has 2 aromatic carbocycles. The zero-order valence-electron chi connectivity index (χ0n) is 18.5. The number of piperidine rings is 1. The number of fused-ring (bicyclic) bond motifs is 1. The third-order valence-corrected chi connectivity index (χ3v) is 8.80. The van der Waals surface area contributed by atoms with Gasteiger partial charge in [-0.3, -0.25) is 0 Å². The Balaban J connectivity index is 1.32. The summed E-state index contributed by atoms with van der Waals surface area (Å²) in [5, 5.41) is 9.08. The fourth-order valence-electron chi connectivity index (χ4n) is 4.49. The number of hydrogen-bond acceptors (Lipinski definition) is 5. The summed E-state index contributed by atoms with van der Waals surface area (Å²) < 4.78 is 32.1. The van der Waals surface area contributed by atoms with Gasteiger partial charge in [0, 0.05) is 36.4 Å². The number of imidazole rings is 1. The summed E-state index contributed by atoms with van der Waals surface area (Å²) in [7, 11) is -3.57. The lowest BCUT2D eigenvalue weighted by molar-refractivity contribution is 0.307. The maximum absolute atomic E-state index is 13.3. The van der Waals surface area contributed by atoms with Crippen LogP contribution in [0, 0.1) is 13.8 Å². The molecule has 0 unspecified atom stereocenters. The van der Waals surface area contributed by atoms with Crippen LogP contribution in [0.3, 0.4) is 0 Å². The maximum atomic E-state index is 13.3. The molecule has 0 amide bonds. The Labute approximate surface area is 197 Å². The van der Waals surface area contributed by atoms with Crippen molar-refractivity contribution in [1.82, 2.24) is 28.9 Å². The summed E-state index contributed by atoms with van der Waals surface area (Å²) in [6.07, 6.45) is 5.14. The first kappa shape index (κ1) is 22.1. The van der Waals surface area contributed by atoms with E-state index in [9.17, 15) is 8.42 Å². The van der Waals surface area contributed by atoms with Gasteiger partial charge in [0.05, 0.1) is 10.4 Å². The van der Waals surface area contributed by atoms with E-state index in [0.29, 0.717) is 48.1 Å². The van der Waals surface area contributed by atoms with Crippen LogP contribution < -0.4 is 0 Å². The van der Waals surface area contributed by atoms with E-state index in [0.717, 1.165) is 22.4 Å². The molecule has 0 spiro atoms. The average Bonchev–Trinajstić information content (AvgIpc) is 3.44. The van der Waals surface area contributed by atoms with Crippen molar-refractivity contribution in [2.75, 3.05) is 13.1 Å². The van der Waals surface area contributed by atoms with Gasteiger partial charge < -0.3 is 4.57 Å². The monoisotopic (exact) mass is 484 g/mol. The Hall–Kier alpha value is -2.75. The highest BCUT2D eigenvalue weighted by Gasteiger charge is 2.32. The lowest BCUT2D eigenvalue weighted by atomic mass is 9.97. The molecule has 1 fully saturated rings. The minimum absolute atomic E-state index is 0.175. The van der Waals surface area contributed by atoms with Gasteiger partial charge in [0.2, 0.25) is 10.0 Å². The predicted octanol–water partition coefficient (Wildman–Crippen LogP) is 3.97. The standard InChI is InChI=1S/C23H25ClN6O2S/c1-16-14-22(17(2)13-19(16)24)33(31,32)29-10-7-18(8-11-29)23-25-9-12-28(23)15-30-21-6-4-3-5-20(21)26-27-30/h3-6,9,12-14,18H,7-8,10-11,15H2,1-2H3. The molecule has 1 aliphatic heterocycles. The molecule has 2 aromatic heterocycles. The van der Waals surface area contributed by atoms with E-state index in [1.165, 1.54) is 0 Å². The molecular weight excluding hydrogens is 460 g/mol. The molecule has 0 saturated carbocycles. The fraction of sp³-hybridized carbons (Fsp3) is 0.348. The second kappa shape index (κ2) is 8.55. The first-order valence-electron chi connectivity index (χ1n) is 10.9. The Morgan fingerprint density at radius 2 is 1.85 bits per heavy atom. The molecule has 0 atom stereocenters. The number of rotatable bonds is 5. The van der Waals surface area contributed by atoms with Crippen molar-refractivity contribution in [3.8, 4) is 0 Å². The summed E-state index contributed by atoms with van der Waals surface area (Å²) >= 11 is 6.17. The molecule has 3 heterocycles. The second-order valence-corrected chi connectivity index (χ2v) is 10.8. The van der Waals surface area contributed by atoms with Gasteiger partial charge >= 0.3 is 0 Å². The normalized spacial score (nSPS) is 16.0. The van der Waals surface area contributed by atoms with Crippen molar-refractivity contribution in [3.05, 3.63) is 70.8 Å². The number of nitrogens with zero attached hydrogens (tertiary/aromatic N) is 6. The number of aryl methyl sites for hydroxylation is 2. The molecule has 5 rings (SSSR count). The zero-order chi connectivity index (χ0) is 23.2. The highest BCUT2D eigenvalue weighted by molar-refractivity contribution is 7.89. The van der Waals surface area contributed by atoms with Crippen LogP contribution in [0.25, 0.3) is 11.0 Å². The Kier molecular flexibility index (Phi) is 5.72. The lowest BCUT2D eigenvalue weighted by Gasteiger charge is -2.31. The van der Waals surface area contributed by atoms with Crippen molar-refractivity contribution in [2.45, 2.75) is 44.2 Å². The first-order chi connectivity index (χ1) is 15.8. The smallest absolute Gasteiger partial charge is 0.243 e. The number of benzene rings is 2. The molecule has 33 heavy (non-hydrogen) atoms. The van der Waals surface area contributed by atoms with Gasteiger partial charge in [-0.05, 0) is 62.1 Å². The van der Waals surface area contributed by atoms with Crippen molar-refractivity contribution in [1.29, 1.82) is 0 Å². The third kappa shape index (κ3) is 4.05. The van der Waals surface area contributed by atoms with Gasteiger partial charge in [-0.15, -0.1) is 5.10 Å². The largest absolute Gasteiger partial charge is 0.314 e. The van der Waals surface area contributed by atoms with Crippen molar-refractivity contribution < 1.29 is 8.42 Å². The van der Waals surface area contributed by atoms with Crippen molar-refractivity contribution >= 4 is 32.7 Å². The van der Waals surface area contributed by atoms with E-state index in [-0.39, 0.29) is 5.92 Å².